The molecule has 0 aromatic heterocycles. The zero-order chi connectivity index (χ0) is 14.4. The minimum Gasteiger partial charge on any atom is -0.484 e. The van der Waals surface area contributed by atoms with Gasteiger partial charge in [0, 0.05) is 24.4 Å². The van der Waals surface area contributed by atoms with E-state index in [1.165, 1.54) is 11.6 Å². The number of ether oxygens (including phenoxy) is 1. The van der Waals surface area contributed by atoms with Crippen LogP contribution in [-0.2, 0) is 0 Å². The van der Waals surface area contributed by atoms with Crippen molar-refractivity contribution in [2.75, 3.05) is 11.9 Å². The number of hydrogen-bond acceptors (Lipinski definition) is 4. The molecule has 0 unspecified atom stereocenters. The SMILES string of the molecule is CC(C)=CCNc1ccc([N+](=O)[O-])c(OC(C)C)c1. The normalized spacial score (nSPS) is 10.2. The summed E-state index contributed by atoms with van der Waals surface area (Å²) < 4.78 is 5.48. The third-order valence-corrected chi connectivity index (χ3v) is 2.34. The van der Waals surface area contributed by atoms with E-state index in [0.717, 1.165) is 5.69 Å². The minimum atomic E-state index is -0.433. The highest BCUT2D eigenvalue weighted by Crippen LogP contribution is 2.30. The molecule has 1 N–H and O–H groups in total. The highest BCUT2D eigenvalue weighted by Gasteiger charge is 2.16. The second kappa shape index (κ2) is 6.78. The van der Waals surface area contributed by atoms with Gasteiger partial charge >= 0.3 is 5.69 Å². The van der Waals surface area contributed by atoms with E-state index in [1.54, 1.807) is 12.1 Å². The molecule has 0 atom stereocenters. The molecule has 104 valence electrons. The van der Waals surface area contributed by atoms with Crippen molar-refractivity contribution in [3.63, 3.8) is 0 Å². The van der Waals surface area contributed by atoms with E-state index in [0.29, 0.717) is 12.3 Å². The van der Waals surface area contributed by atoms with Crippen molar-refractivity contribution in [3.05, 3.63) is 40.0 Å². The van der Waals surface area contributed by atoms with E-state index in [4.69, 9.17) is 4.74 Å². The topological polar surface area (TPSA) is 64.4 Å². The van der Waals surface area contributed by atoms with Gasteiger partial charge in [0.15, 0.2) is 5.75 Å². The molecule has 1 rings (SSSR count). The van der Waals surface area contributed by atoms with Gasteiger partial charge in [0.2, 0.25) is 0 Å². The Morgan fingerprint density at radius 2 is 2.16 bits per heavy atom. The number of nitrogens with one attached hydrogen (secondary N) is 1. The summed E-state index contributed by atoms with van der Waals surface area (Å²) in [5.74, 6) is 0.294. The molecule has 1 aromatic carbocycles. The first-order valence-corrected chi connectivity index (χ1v) is 6.22. The predicted octanol–water partition coefficient (Wildman–Crippen LogP) is 3.76. The number of anilines is 1. The van der Waals surface area contributed by atoms with Gasteiger partial charge in [0.05, 0.1) is 11.0 Å². The molecular formula is C14H20N2O3. The van der Waals surface area contributed by atoms with Crippen LogP contribution in [0.3, 0.4) is 0 Å². The number of allylic oxidation sites excluding steroid dienone is 1. The lowest BCUT2D eigenvalue weighted by atomic mass is 10.2. The summed E-state index contributed by atoms with van der Waals surface area (Å²) in [6.07, 6.45) is 1.94. The summed E-state index contributed by atoms with van der Waals surface area (Å²) in [4.78, 5) is 10.5. The summed E-state index contributed by atoms with van der Waals surface area (Å²) in [6.45, 7) is 8.40. The van der Waals surface area contributed by atoms with Crippen molar-refractivity contribution in [3.8, 4) is 5.75 Å². The molecule has 19 heavy (non-hydrogen) atoms. The highest BCUT2D eigenvalue weighted by molar-refractivity contribution is 5.58. The first kappa shape index (κ1) is 15.0. The molecule has 0 spiro atoms. The molecule has 0 heterocycles. The van der Waals surface area contributed by atoms with Crippen molar-refractivity contribution in [1.82, 2.24) is 0 Å². The molecule has 0 radical (unpaired) electrons. The van der Waals surface area contributed by atoms with Crippen LogP contribution in [0, 0.1) is 10.1 Å². The molecule has 0 saturated carbocycles. The maximum Gasteiger partial charge on any atom is 0.311 e. The summed E-state index contributed by atoms with van der Waals surface area (Å²) in [7, 11) is 0. The van der Waals surface area contributed by atoms with Gasteiger partial charge < -0.3 is 10.1 Å². The van der Waals surface area contributed by atoms with Crippen LogP contribution in [-0.4, -0.2) is 17.6 Å². The minimum absolute atomic E-state index is 0.0125. The summed E-state index contributed by atoms with van der Waals surface area (Å²) >= 11 is 0. The van der Waals surface area contributed by atoms with Gasteiger partial charge in [0.1, 0.15) is 0 Å². The van der Waals surface area contributed by atoms with Crippen LogP contribution in [0.25, 0.3) is 0 Å². The van der Waals surface area contributed by atoms with Gasteiger partial charge in [-0.3, -0.25) is 10.1 Å². The van der Waals surface area contributed by atoms with Crippen LogP contribution in [0.1, 0.15) is 27.7 Å². The molecule has 5 heteroatoms. The summed E-state index contributed by atoms with van der Waals surface area (Å²) in [5, 5.41) is 14.1. The Bertz CT molecular complexity index is 478. The zero-order valence-corrected chi connectivity index (χ0v) is 11.8. The smallest absolute Gasteiger partial charge is 0.311 e. The third kappa shape index (κ3) is 4.99. The van der Waals surface area contributed by atoms with Gasteiger partial charge in [0.25, 0.3) is 0 Å². The van der Waals surface area contributed by atoms with Crippen LogP contribution in [0.15, 0.2) is 29.8 Å². The Labute approximate surface area is 113 Å². The van der Waals surface area contributed by atoms with E-state index in [9.17, 15) is 10.1 Å². The summed E-state index contributed by atoms with van der Waals surface area (Å²) in [5.41, 5.74) is 2.01. The number of hydrogen-bond donors (Lipinski definition) is 1. The Morgan fingerprint density at radius 1 is 1.47 bits per heavy atom. The quantitative estimate of drug-likeness (QED) is 0.482. The Kier molecular flexibility index (Phi) is 5.36. The van der Waals surface area contributed by atoms with Crippen LogP contribution in [0.4, 0.5) is 11.4 Å². The average molecular weight is 264 g/mol. The Morgan fingerprint density at radius 3 is 2.68 bits per heavy atom. The van der Waals surface area contributed by atoms with E-state index in [2.05, 4.69) is 5.32 Å². The maximum absolute atomic E-state index is 10.9. The Hall–Kier alpha value is -2.04. The molecule has 5 nitrogen and oxygen atoms in total. The molecule has 1 aromatic rings. The fourth-order valence-corrected chi connectivity index (χ4v) is 1.50. The van der Waals surface area contributed by atoms with Gasteiger partial charge in [-0.2, -0.15) is 0 Å². The lowest BCUT2D eigenvalue weighted by Crippen LogP contribution is -2.08. The summed E-state index contributed by atoms with van der Waals surface area (Å²) in [6, 6.07) is 4.81. The molecule has 0 aliphatic rings. The van der Waals surface area contributed by atoms with Crippen LogP contribution < -0.4 is 10.1 Å². The number of nitro groups is 1. The van der Waals surface area contributed by atoms with E-state index in [-0.39, 0.29) is 11.8 Å². The average Bonchev–Trinajstić information content (AvgIpc) is 2.27. The van der Waals surface area contributed by atoms with Gasteiger partial charge in [-0.15, -0.1) is 0 Å². The van der Waals surface area contributed by atoms with Gasteiger partial charge in [-0.25, -0.2) is 0 Å². The Balaban J connectivity index is 2.91. The number of benzene rings is 1. The zero-order valence-electron chi connectivity index (χ0n) is 11.8. The second-order valence-corrected chi connectivity index (χ2v) is 4.77. The molecule has 0 bridgehead atoms. The highest BCUT2D eigenvalue weighted by atomic mass is 16.6. The van der Waals surface area contributed by atoms with Crippen LogP contribution >= 0.6 is 0 Å². The first-order chi connectivity index (χ1) is 8.90. The standard InChI is InChI=1S/C14H20N2O3/c1-10(2)7-8-15-12-5-6-13(16(17)18)14(9-12)19-11(3)4/h5-7,9,11,15H,8H2,1-4H3. The van der Waals surface area contributed by atoms with E-state index in [1.807, 2.05) is 33.8 Å². The number of rotatable bonds is 6. The molecule has 0 saturated heterocycles. The lowest BCUT2D eigenvalue weighted by molar-refractivity contribution is -0.386. The third-order valence-electron chi connectivity index (χ3n) is 2.34. The van der Waals surface area contributed by atoms with Crippen LogP contribution in [0.2, 0.25) is 0 Å². The van der Waals surface area contributed by atoms with Crippen molar-refractivity contribution in [2.24, 2.45) is 0 Å². The number of nitro benzene ring substituents is 1. The number of nitrogens with zero attached hydrogens (tertiary/aromatic N) is 1. The van der Waals surface area contributed by atoms with E-state index < -0.39 is 4.92 Å². The molecule has 0 amide bonds. The first-order valence-electron chi connectivity index (χ1n) is 6.22. The van der Waals surface area contributed by atoms with E-state index >= 15 is 0 Å². The lowest BCUT2D eigenvalue weighted by Gasteiger charge is -2.12. The van der Waals surface area contributed by atoms with Crippen molar-refractivity contribution in [2.45, 2.75) is 33.8 Å². The maximum atomic E-state index is 10.9. The van der Waals surface area contributed by atoms with Crippen molar-refractivity contribution >= 4 is 11.4 Å². The molecular weight excluding hydrogens is 244 g/mol. The van der Waals surface area contributed by atoms with Gasteiger partial charge in [-0.05, 0) is 33.8 Å². The second-order valence-electron chi connectivity index (χ2n) is 4.77. The van der Waals surface area contributed by atoms with Crippen LogP contribution in [0.5, 0.6) is 5.75 Å². The monoisotopic (exact) mass is 264 g/mol. The van der Waals surface area contributed by atoms with Gasteiger partial charge in [-0.1, -0.05) is 11.6 Å². The largest absolute Gasteiger partial charge is 0.484 e. The van der Waals surface area contributed by atoms with Crippen molar-refractivity contribution in [1.29, 1.82) is 0 Å². The molecule has 0 aliphatic carbocycles. The fourth-order valence-electron chi connectivity index (χ4n) is 1.50. The fraction of sp³-hybridized carbons (Fsp3) is 0.429. The van der Waals surface area contributed by atoms with Crippen molar-refractivity contribution < 1.29 is 9.66 Å². The predicted molar refractivity (Wildman–Crippen MR) is 76.8 cm³/mol. The molecule has 0 fully saturated rings. The molecule has 0 aliphatic heterocycles.